The highest BCUT2D eigenvalue weighted by atomic mass is 15.3. The number of pyridine rings is 1. The molecular formula is C11H8N6. The molecule has 2 N–H and O–H groups in total. The van der Waals surface area contributed by atoms with E-state index >= 15 is 0 Å². The maximum Gasteiger partial charge on any atom is 0.183 e. The van der Waals surface area contributed by atoms with Crippen LogP contribution in [-0.2, 0) is 0 Å². The lowest BCUT2D eigenvalue weighted by Crippen LogP contribution is -2.05. The number of aryl methyl sites for hydroxylation is 1. The molecule has 3 rings (SSSR count). The summed E-state index contributed by atoms with van der Waals surface area (Å²) in [4.78, 5) is 8.49. The summed E-state index contributed by atoms with van der Waals surface area (Å²) in [6.07, 6.45) is 1.66. The lowest BCUT2D eigenvalue weighted by Gasteiger charge is -2.03. The first-order valence-electron chi connectivity index (χ1n) is 5.02. The third-order valence-electron chi connectivity index (χ3n) is 2.65. The van der Waals surface area contributed by atoms with Crippen molar-refractivity contribution in [3.63, 3.8) is 0 Å². The molecule has 0 spiro atoms. The number of rotatable bonds is 0. The minimum Gasteiger partial charge on any atom is -0.382 e. The highest BCUT2D eigenvalue weighted by Gasteiger charge is 2.14. The van der Waals surface area contributed by atoms with Gasteiger partial charge in [0.1, 0.15) is 17.5 Å². The lowest BCUT2D eigenvalue weighted by atomic mass is 10.2. The van der Waals surface area contributed by atoms with Gasteiger partial charge in [0.05, 0.1) is 11.1 Å². The van der Waals surface area contributed by atoms with Crippen molar-refractivity contribution in [3.05, 3.63) is 29.6 Å². The summed E-state index contributed by atoms with van der Waals surface area (Å²) in [7, 11) is 0. The van der Waals surface area contributed by atoms with Gasteiger partial charge in [-0.1, -0.05) is 0 Å². The molecule has 0 unspecified atom stereocenters. The van der Waals surface area contributed by atoms with E-state index in [1.54, 1.807) is 13.1 Å². The fourth-order valence-corrected chi connectivity index (χ4v) is 1.83. The Labute approximate surface area is 96.3 Å². The minimum atomic E-state index is 0.299. The Bertz CT molecular complexity index is 780. The molecule has 3 aromatic heterocycles. The molecule has 6 nitrogen and oxygen atoms in total. The van der Waals surface area contributed by atoms with Gasteiger partial charge >= 0.3 is 0 Å². The molecule has 3 heterocycles. The zero-order valence-corrected chi connectivity index (χ0v) is 9.05. The Morgan fingerprint density at radius 1 is 1.47 bits per heavy atom. The van der Waals surface area contributed by atoms with Crippen molar-refractivity contribution in [1.29, 1.82) is 5.26 Å². The maximum atomic E-state index is 9.01. The van der Waals surface area contributed by atoms with Gasteiger partial charge in [-0.15, -0.1) is 5.10 Å². The summed E-state index contributed by atoms with van der Waals surface area (Å²) in [5, 5.41) is 14.1. The summed E-state index contributed by atoms with van der Waals surface area (Å²) in [5.41, 5.74) is 8.05. The molecule has 0 bridgehead atoms. The van der Waals surface area contributed by atoms with Crippen LogP contribution in [0.2, 0.25) is 0 Å². The van der Waals surface area contributed by atoms with E-state index in [4.69, 9.17) is 11.0 Å². The van der Waals surface area contributed by atoms with E-state index in [1.807, 2.05) is 18.2 Å². The van der Waals surface area contributed by atoms with Crippen LogP contribution in [0.5, 0.6) is 0 Å². The van der Waals surface area contributed by atoms with E-state index in [0.717, 1.165) is 5.39 Å². The summed E-state index contributed by atoms with van der Waals surface area (Å²) in [6.45, 7) is 1.75. The maximum absolute atomic E-state index is 9.01. The molecular weight excluding hydrogens is 216 g/mol. The first kappa shape index (κ1) is 9.54. The second-order valence-corrected chi connectivity index (χ2v) is 3.68. The Morgan fingerprint density at radius 3 is 3.06 bits per heavy atom. The summed E-state index contributed by atoms with van der Waals surface area (Å²) in [5.74, 6) is 0.299. The van der Waals surface area contributed by atoms with Gasteiger partial charge in [-0.25, -0.2) is 9.97 Å². The first-order valence-corrected chi connectivity index (χ1v) is 5.02. The molecule has 82 valence electrons. The van der Waals surface area contributed by atoms with Crippen LogP contribution in [0.15, 0.2) is 18.3 Å². The molecule has 17 heavy (non-hydrogen) atoms. The van der Waals surface area contributed by atoms with Crippen LogP contribution in [0, 0.1) is 18.3 Å². The zero-order valence-electron chi connectivity index (χ0n) is 9.05. The molecule has 0 saturated heterocycles. The van der Waals surface area contributed by atoms with E-state index in [1.165, 1.54) is 4.52 Å². The molecule has 0 atom stereocenters. The zero-order chi connectivity index (χ0) is 12.0. The number of nitrogens with zero attached hydrogens (tertiary/aromatic N) is 5. The fraction of sp³-hybridized carbons (Fsp3) is 0.0909. The number of nitrogen functional groups attached to an aromatic ring is 1. The number of nitrogens with two attached hydrogens (primary N) is 1. The van der Waals surface area contributed by atoms with Gasteiger partial charge in [0.2, 0.25) is 0 Å². The number of fused-ring (bicyclic) bond motifs is 3. The lowest BCUT2D eigenvalue weighted by molar-refractivity contribution is 0.945. The van der Waals surface area contributed by atoms with Crippen LogP contribution in [-0.4, -0.2) is 19.6 Å². The summed E-state index contributed by atoms with van der Waals surface area (Å²) in [6, 6.07) is 5.72. The minimum absolute atomic E-state index is 0.299. The summed E-state index contributed by atoms with van der Waals surface area (Å²) >= 11 is 0. The SMILES string of the molecule is Cc1nc2c3cccnc3nn2c(N)c1C#N. The Balaban J connectivity index is 2.59. The highest BCUT2D eigenvalue weighted by molar-refractivity contribution is 5.90. The van der Waals surface area contributed by atoms with Crippen LogP contribution in [0.1, 0.15) is 11.3 Å². The molecule has 0 aliphatic carbocycles. The monoisotopic (exact) mass is 224 g/mol. The predicted molar refractivity (Wildman–Crippen MR) is 62.2 cm³/mol. The van der Waals surface area contributed by atoms with Crippen molar-refractivity contribution in [2.24, 2.45) is 0 Å². The Hall–Kier alpha value is -2.68. The van der Waals surface area contributed by atoms with Crippen molar-refractivity contribution in [2.45, 2.75) is 6.92 Å². The third kappa shape index (κ3) is 1.16. The largest absolute Gasteiger partial charge is 0.382 e. The molecule has 0 aromatic carbocycles. The topological polar surface area (TPSA) is 92.9 Å². The number of nitriles is 1. The van der Waals surface area contributed by atoms with Crippen LogP contribution >= 0.6 is 0 Å². The molecule has 0 saturated carbocycles. The Kier molecular flexibility index (Phi) is 1.77. The number of anilines is 1. The number of aromatic nitrogens is 4. The van der Waals surface area contributed by atoms with Crippen molar-refractivity contribution < 1.29 is 0 Å². The van der Waals surface area contributed by atoms with Gasteiger partial charge in [0.15, 0.2) is 11.3 Å². The fourth-order valence-electron chi connectivity index (χ4n) is 1.83. The average molecular weight is 224 g/mol. The quantitative estimate of drug-likeness (QED) is 0.615. The van der Waals surface area contributed by atoms with Crippen molar-refractivity contribution in [1.82, 2.24) is 19.6 Å². The van der Waals surface area contributed by atoms with Crippen LogP contribution < -0.4 is 5.73 Å². The van der Waals surface area contributed by atoms with Gasteiger partial charge in [-0.2, -0.15) is 9.78 Å². The van der Waals surface area contributed by atoms with E-state index in [2.05, 4.69) is 15.1 Å². The molecule has 0 aliphatic heterocycles. The van der Waals surface area contributed by atoms with E-state index in [9.17, 15) is 0 Å². The molecule has 0 fully saturated rings. The van der Waals surface area contributed by atoms with Crippen molar-refractivity contribution in [2.75, 3.05) is 5.73 Å². The Morgan fingerprint density at radius 2 is 2.29 bits per heavy atom. The van der Waals surface area contributed by atoms with Crippen LogP contribution in [0.3, 0.4) is 0 Å². The first-order chi connectivity index (χ1) is 8.22. The highest BCUT2D eigenvalue weighted by Crippen LogP contribution is 2.21. The molecule has 6 heteroatoms. The van der Waals surface area contributed by atoms with E-state index in [-0.39, 0.29) is 0 Å². The smallest absolute Gasteiger partial charge is 0.183 e. The molecule has 0 amide bonds. The second kappa shape index (κ2) is 3.15. The van der Waals surface area contributed by atoms with Crippen LogP contribution in [0.4, 0.5) is 5.82 Å². The van der Waals surface area contributed by atoms with Crippen molar-refractivity contribution >= 4 is 22.5 Å². The van der Waals surface area contributed by atoms with E-state index < -0.39 is 0 Å². The summed E-state index contributed by atoms with van der Waals surface area (Å²) < 4.78 is 1.46. The van der Waals surface area contributed by atoms with Gasteiger partial charge in [-0.05, 0) is 19.1 Å². The second-order valence-electron chi connectivity index (χ2n) is 3.68. The van der Waals surface area contributed by atoms with Crippen molar-refractivity contribution in [3.8, 4) is 6.07 Å². The normalized spacial score (nSPS) is 10.8. The van der Waals surface area contributed by atoms with Crippen LogP contribution in [0.25, 0.3) is 16.7 Å². The third-order valence-corrected chi connectivity index (χ3v) is 2.65. The predicted octanol–water partition coefficient (Wildman–Crippen LogP) is 1.04. The molecule has 0 aliphatic rings. The van der Waals surface area contributed by atoms with Gasteiger partial charge < -0.3 is 5.73 Å². The van der Waals surface area contributed by atoms with Gasteiger partial charge in [-0.3, -0.25) is 0 Å². The van der Waals surface area contributed by atoms with E-state index in [0.29, 0.717) is 28.4 Å². The number of hydrogen-bond acceptors (Lipinski definition) is 5. The number of hydrogen-bond donors (Lipinski definition) is 1. The molecule has 0 radical (unpaired) electrons. The van der Waals surface area contributed by atoms with Gasteiger partial charge in [0.25, 0.3) is 0 Å². The standard InChI is InChI=1S/C11H8N6/c1-6-8(5-12)9(13)17-11(15-6)7-3-2-4-14-10(7)16-17/h2-4H,13H2,1H3. The molecule has 3 aromatic rings. The average Bonchev–Trinajstić information content (AvgIpc) is 2.69. The van der Waals surface area contributed by atoms with Gasteiger partial charge in [0, 0.05) is 6.20 Å².